The number of guanidine groups is 1. The Balaban J connectivity index is 1.41. The van der Waals surface area contributed by atoms with Crippen molar-refractivity contribution < 1.29 is 27.5 Å². The van der Waals surface area contributed by atoms with Crippen LogP contribution < -0.4 is 5.73 Å². The van der Waals surface area contributed by atoms with E-state index in [1.165, 1.54) is 35.8 Å². The van der Waals surface area contributed by atoms with Gasteiger partial charge < -0.3 is 10.5 Å². The summed E-state index contributed by atoms with van der Waals surface area (Å²) in [7, 11) is 0. The second-order valence-corrected chi connectivity index (χ2v) is 14.5. The standard InChI is InChI=1S/C35H36ClF3N8O3/c1-32(2,3)18-35(23-8-6-21(15-25(23)37)28-41-12-5-13-42-28)30(49)47(31(40)45-35)26(17-50-27(48)16-34(10-11-34)33(4,38)39)20-7-9-24(36)22(14-20)29-43-19-44-46-29/h5-9,12-15,19,26H,10-11,16-18H2,1-4H3,(H2,40,45)(H,43,44,46)/t26-,35-/m1/s1. The second-order valence-electron chi connectivity index (χ2n) is 14.1. The number of hydrogen-bond donors (Lipinski definition) is 2. The van der Waals surface area contributed by atoms with Crippen LogP contribution in [0.2, 0.25) is 5.02 Å². The number of hydrogen-bond acceptors (Lipinski definition) is 9. The number of nitrogens with two attached hydrogens (primary N) is 1. The maximum Gasteiger partial charge on any atom is 0.306 e. The highest BCUT2D eigenvalue weighted by molar-refractivity contribution is 6.33. The minimum atomic E-state index is -3.08. The fraction of sp³-hybridized carbons (Fsp3) is 0.400. The summed E-state index contributed by atoms with van der Waals surface area (Å²) in [5.41, 5.74) is 3.93. The third kappa shape index (κ3) is 6.68. The Hall–Kier alpha value is -4.85. The van der Waals surface area contributed by atoms with E-state index in [9.17, 15) is 18.4 Å². The van der Waals surface area contributed by atoms with Gasteiger partial charge in [0.05, 0.1) is 17.5 Å². The molecule has 2 aromatic carbocycles. The summed E-state index contributed by atoms with van der Waals surface area (Å²) in [6, 6.07) is 9.67. The first kappa shape index (κ1) is 35.0. The van der Waals surface area contributed by atoms with Crippen LogP contribution in [-0.4, -0.2) is 60.4 Å². The molecule has 4 aromatic rings. The van der Waals surface area contributed by atoms with Gasteiger partial charge in [0.25, 0.3) is 11.8 Å². The van der Waals surface area contributed by atoms with E-state index >= 15 is 4.39 Å². The topological polar surface area (TPSA) is 152 Å². The number of carbonyl (C=O) groups excluding carboxylic acids is 2. The number of rotatable bonds is 11. The van der Waals surface area contributed by atoms with E-state index in [2.05, 4.69) is 30.1 Å². The molecule has 3 N–H and O–H groups in total. The first-order chi connectivity index (χ1) is 23.5. The maximum absolute atomic E-state index is 16.2. The Morgan fingerprint density at radius 2 is 1.82 bits per heavy atom. The van der Waals surface area contributed by atoms with Gasteiger partial charge >= 0.3 is 5.97 Å². The summed E-state index contributed by atoms with van der Waals surface area (Å²) in [4.78, 5) is 46.3. The van der Waals surface area contributed by atoms with Crippen molar-refractivity contribution in [2.75, 3.05) is 6.61 Å². The van der Waals surface area contributed by atoms with Crippen LogP contribution in [0, 0.1) is 16.6 Å². The molecule has 1 fully saturated rings. The molecule has 6 rings (SSSR count). The number of amides is 1. The zero-order valence-electron chi connectivity index (χ0n) is 27.9. The van der Waals surface area contributed by atoms with Crippen LogP contribution >= 0.6 is 11.6 Å². The first-order valence-electron chi connectivity index (χ1n) is 16.0. The average Bonchev–Trinajstić information content (AvgIpc) is 3.55. The third-order valence-electron chi connectivity index (χ3n) is 9.18. The predicted octanol–water partition coefficient (Wildman–Crippen LogP) is 6.62. The van der Waals surface area contributed by atoms with Gasteiger partial charge in [-0.3, -0.25) is 19.6 Å². The van der Waals surface area contributed by atoms with Crippen LogP contribution in [0.3, 0.4) is 0 Å². The van der Waals surface area contributed by atoms with Gasteiger partial charge in [0.2, 0.25) is 0 Å². The molecule has 2 aliphatic rings. The Bertz CT molecular complexity index is 1940. The van der Waals surface area contributed by atoms with Gasteiger partial charge in [-0.2, -0.15) is 5.10 Å². The van der Waals surface area contributed by atoms with E-state index in [1.54, 1.807) is 30.3 Å². The molecule has 0 bridgehead atoms. The minimum Gasteiger partial charge on any atom is -0.463 e. The predicted molar refractivity (Wildman–Crippen MR) is 179 cm³/mol. The van der Waals surface area contributed by atoms with E-state index in [-0.39, 0.29) is 30.8 Å². The molecule has 0 radical (unpaired) electrons. The second kappa shape index (κ2) is 12.8. The van der Waals surface area contributed by atoms with Crippen molar-refractivity contribution in [3.8, 4) is 22.8 Å². The third-order valence-corrected chi connectivity index (χ3v) is 9.51. The molecule has 15 heteroatoms. The summed E-state index contributed by atoms with van der Waals surface area (Å²) in [6.07, 6.45) is 4.30. The van der Waals surface area contributed by atoms with Gasteiger partial charge in [0.15, 0.2) is 23.1 Å². The minimum absolute atomic E-state index is 0.0161. The van der Waals surface area contributed by atoms with E-state index in [0.29, 0.717) is 33.4 Å². The van der Waals surface area contributed by atoms with Gasteiger partial charge in [-0.15, -0.1) is 0 Å². The number of ether oxygens (including phenoxy) is 1. The molecule has 11 nitrogen and oxygen atoms in total. The molecule has 2 aromatic heterocycles. The largest absolute Gasteiger partial charge is 0.463 e. The molecule has 1 amide bonds. The van der Waals surface area contributed by atoms with E-state index in [0.717, 1.165) is 6.92 Å². The lowest BCUT2D eigenvalue weighted by Crippen LogP contribution is -2.47. The monoisotopic (exact) mass is 708 g/mol. The molecule has 262 valence electrons. The Morgan fingerprint density at radius 3 is 2.42 bits per heavy atom. The summed E-state index contributed by atoms with van der Waals surface area (Å²) in [6.45, 7) is 5.99. The quantitative estimate of drug-likeness (QED) is 0.165. The van der Waals surface area contributed by atoms with Crippen molar-refractivity contribution in [3.05, 3.63) is 83.2 Å². The molecule has 3 heterocycles. The lowest BCUT2D eigenvalue weighted by atomic mass is 9.75. The first-order valence-corrected chi connectivity index (χ1v) is 16.4. The van der Waals surface area contributed by atoms with Crippen molar-refractivity contribution >= 4 is 29.4 Å². The molecule has 0 unspecified atom stereocenters. The number of halogens is 4. The number of H-pyrrole nitrogens is 1. The van der Waals surface area contributed by atoms with Gasteiger partial charge in [-0.1, -0.05) is 50.6 Å². The fourth-order valence-corrected chi connectivity index (χ4v) is 6.71. The average molecular weight is 709 g/mol. The lowest BCUT2D eigenvalue weighted by molar-refractivity contribution is -0.153. The molecule has 1 aliphatic heterocycles. The normalized spacial score (nSPS) is 19.3. The van der Waals surface area contributed by atoms with Crippen molar-refractivity contribution in [1.82, 2.24) is 30.0 Å². The van der Waals surface area contributed by atoms with Crippen molar-refractivity contribution in [2.24, 2.45) is 21.6 Å². The van der Waals surface area contributed by atoms with Crippen molar-refractivity contribution in [2.45, 2.75) is 70.9 Å². The lowest BCUT2D eigenvalue weighted by Gasteiger charge is -2.35. The van der Waals surface area contributed by atoms with Crippen molar-refractivity contribution in [3.63, 3.8) is 0 Å². The molecule has 1 aliphatic carbocycles. The van der Waals surface area contributed by atoms with Crippen LogP contribution in [0.15, 0.2) is 66.2 Å². The van der Waals surface area contributed by atoms with Crippen LogP contribution in [0.4, 0.5) is 13.2 Å². The SMILES string of the molecule is CC(C)(C)C[C@]1(c2ccc(-c3ncccn3)cc2F)N=C(N)N([C@H](COC(=O)CC2(C(C)(F)F)CC2)c2ccc(Cl)c(-c3ncn[nH]3)c2)C1=O. The van der Waals surface area contributed by atoms with Gasteiger partial charge in [-0.25, -0.2) is 33.1 Å². The number of aromatic amines is 1. The number of nitrogens with one attached hydrogen (secondary N) is 1. The molecule has 0 saturated heterocycles. The van der Waals surface area contributed by atoms with Gasteiger partial charge in [-0.05, 0) is 61.4 Å². The van der Waals surface area contributed by atoms with E-state index < -0.39 is 59.1 Å². The number of benzene rings is 2. The molecular formula is C35H36ClF3N8O3. The highest BCUT2D eigenvalue weighted by Crippen LogP contribution is 2.59. The van der Waals surface area contributed by atoms with E-state index in [4.69, 9.17) is 22.1 Å². The van der Waals surface area contributed by atoms with Gasteiger partial charge in [0.1, 0.15) is 18.8 Å². The van der Waals surface area contributed by atoms with Crippen LogP contribution in [-0.2, 0) is 19.9 Å². The number of carbonyl (C=O) groups is 2. The summed E-state index contributed by atoms with van der Waals surface area (Å²) in [5.74, 6) is -4.93. The summed E-state index contributed by atoms with van der Waals surface area (Å²) < 4.78 is 50.5. The zero-order valence-corrected chi connectivity index (χ0v) is 28.6. The van der Waals surface area contributed by atoms with Gasteiger partial charge in [0, 0.05) is 34.5 Å². The van der Waals surface area contributed by atoms with Crippen LogP contribution in [0.5, 0.6) is 0 Å². The number of nitrogens with zero attached hydrogens (tertiary/aromatic N) is 6. The summed E-state index contributed by atoms with van der Waals surface area (Å²) in [5, 5.41) is 6.94. The highest BCUT2D eigenvalue weighted by atomic mass is 35.5. The number of aromatic nitrogens is 5. The fourth-order valence-electron chi connectivity index (χ4n) is 6.50. The van der Waals surface area contributed by atoms with Crippen LogP contribution in [0.25, 0.3) is 22.8 Å². The molecule has 0 spiro atoms. The number of esters is 1. The Labute approximate surface area is 291 Å². The Morgan fingerprint density at radius 1 is 1.10 bits per heavy atom. The van der Waals surface area contributed by atoms with Crippen LogP contribution in [0.1, 0.15) is 70.5 Å². The zero-order chi connectivity index (χ0) is 36.1. The number of alkyl halides is 2. The molecule has 1 saturated carbocycles. The van der Waals surface area contributed by atoms with Crippen molar-refractivity contribution in [1.29, 1.82) is 0 Å². The molecular weight excluding hydrogens is 673 g/mol. The summed E-state index contributed by atoms with van der Waals surface area (Å²) >= 11 is 6.51. The smallest absolute Gasteiger partial charge is 0.306 e. The maximum atomic E-state index is 16.2. The molecule has 2 atom stereocenters. The molecule has 50 heavy (non-hydrogen) atoms. The highest BCUT2D eigenvalue weighted by Gasteiger charge is 2.60. The van der Waals surface area contributed by atoms with E-state index in [1.807, 2.05) is 20.8 Å². The number of aliphatic imine (C=N–C) groups is 1. The Kier molecular flexibility index (Phi) is 8.96.